The molecular weight excluding hydrogens is 298 g/mol. The first-order valence-corrected chi connectivity index (χ1v) is 9.25. The van der Waals surface area contributed by atoms with Gasteiger partial charge in [-0.25, -0.2) is 4.79 Å². The van der Waals surface area contributed by atoms with Crippen molar-refractivity contribution in [3.63, 3.8) is 0 Å². The number of nitrogens with zero attached hydrogens (tertiary/aromatic N) is 3. The number of rotatable bonds is 6. The van der Waals surface area contributed by atoms with Gasteiger partial charge in [-0.2, -0.15) is 4.98 Å². The highest BCUT2D eigenvalue weighted by Crippen LogP contribution is 2.30. The second kappa shape index (κ2) is 7.06. The van der Waals surface area contributed by atoms with E-state index in [2.05, 4.69) is 42.8 Å². The molecule has 0 aliphatic carbocycles. The molecule has 1 aliphatic rings. The number of para-hydroxylation sites is 1. The topological polar surface area (TPSA) is 38.1 Å². The maximum atomic E-state index is 12.7. The summed E-state index contributed by atoms with van der Waals surface area (Å²) in [5.74, 6) is 0. The van der Waals surface area contributed by atoms with Gasteiger partial charge in [0.1, 0.15) is 0 Å². The molecule has 1 aromatic heterocycles. The van der Waals surface area contributed by atoms with E-state index in [0.717, 1.165) is 42.5 Å². The van der Waals surface area contributed by atoms with E-state index in [1.807, 2.05) is 16.7 Å². The van der Waals surface area contributed by atoms with Crippen LogP contribution in [0.1, 0.15) is 52.1 Å². The van der Waals surface area contributed by atoms with Gasteiger partial charge in [-0.3, -0.25) is 4.57 Å². The van der Waals surface area contributed by atoms with Crippen molar-refractivity contribution in [1.82, 2.24) is 14.5 Å². The van der Waals surface area contributed by atoms with E-state index in [-0.39, 0.29) is 11.1 Å². The van der Waals surface area contributed by atoms with Crippen molar-refractivity contribution in [2.24, 2.45) is 0 Å². The Morgan fingerprint density at radius 1 is 1.12 bits per heavy atom. The minimum absolute atomic E-state index is 0.0899. The van der Waals surface area contributed by atoms with Gasteiger partial charge in [-0.15, -0.1) is 0 Å². The van der Waals surface area contributed by atoms with Crippen molar-refractivity contribution >= 4 is 10.9 Å². The van der Waals surface area contributed by atoms with Crippen LogP contribution >= 0.6 is 0 Å². The predicted molar refractivity (Wildman–Crippen MR) is 99.6 cm³/mol. The summed E-state index contributed by atoms with van der Waals surface area (Å²) < 4.78 is 1.86. The van der Waals surface area contributed by atoms with Gasteiger partial charge in [0.2, 0.25) is 0 Å². The van der Waals surface area contributed by atoms with E-state index in [1.54, 1.807) is 0 Å². The van der Waals surface area contributed by atoms with Gasteiger partial charge in [-0.1, -0.05) is 39.0 Å². The van der Waals surface area contributed by atoms with Crippen LogP contribution < -0.4 is 5.69 Å². The number of fused-ring (bicyclic) bond motifs is 1. The van der Waals surface area contributed by atoms with Crippen LogP contribution in [0.3, 0.4) is 0 Å². The molecule has 24 heavy (non-hydrogen) atoms. The van der Waals surface area contributed by atoms with Gasteiger partial charge in [0, 0.05) is 17.3 Å². The van der Waals surface area contributed by atoms with Gasteiger partial charge in [-0.05, 0) is 51.4 Å². The van der Waals surface area contributed by atoms with Gasteiger partial charge in [0.05, 0.1) is 11.2 Å². The summed E-state index contributed by atoms with van der Waals surface area (Å²) in [6, 6.07) is 8.22. The smallest absolute Gasteiger partial charge is 0.303 e. The van der Waals surface area contributed by atoms with E-state index in [9.17, 15) is 4.79 Å². The third-order valence-electron chi connectivity index (χ3n) is 5.47. The third kappa shape index (κ3) is 3.39. The molecule has 1 aromatic carbocycles. The number of aromatic nitrogens is 2. The fourth-order valence-corrected chi connectivity index (χ4v) is 3.59. The highest BCUT2D eigenvalue weighted by atomic mass is 16.1. The Morgan fingerprint density at radius 3 is 2.54 bits per heavy atom. The summed E-state index contributed by atoms with van der Waals surface area (Å²) in [5.41, 5.74) is 1.76. The van der Waals surface area contributed by atoms with Crippen LogP contribution in [-0.4, -0.2) is 34.1 Å². The summed E-state index contributed by atoms with van der Waals surface area (Å²) in [6.07, 6.45) is 4.58. The number of hydrogen-bond acceptors (Lipinski definition) is 3. The standard InChI is InChI=1S/C20H29N3O/c1-4-20(2,3)18-16-10-5-6-11-17(16)23(19(24)21-18)15-9-14-22-12-7-8-13-22/h5-6,10-11H,4,7-9,12-15H2,1-3H3. The second-order valence-corrected chi connectivity index (χ2v) is 7.55. The summed E-state index contributed by atoms with van der Waals surface area (Å²) in [7, 11) is 0. The lowest BCUT2D eigenvalue weighted by Gasteiger charge is -2.24. The highest BCUT2D eigenvalue weighted by molar-refractivity contribution is 5.82. The maximum Gasteiger partial charge on any atom is 0.348 e. The number of aryl methyl sites for hydroxylation is 1. The summed E-state index contributed by atoms with van der Waals surface area (Å²) in [6.45, 7) is 10.7. The third-order valence-corrected chi connectivity index (χ3v) is 5.47. The number of hydrogen-bond donors (Lipinski definition) is 0. The quantitative estimate of drug-likeness (QED) is 0.814. The number of benzene rings is 1. The Kier molecular flexibility index (Phi) is 5.04. The predicted octanol–water partition coefficient (Wildman–Crippen LogP) is 3.57. The molecule has 2 aromatic rings. The molecule has 0 spiro atoms. The summed E-state index contributed by atoms with van der Waals surface area (Å²) in [5, 5.41) is 1.12. The molecular formula is C20H29N3O. The molecule has 0 N–H and O–H groups in total. The second-order valence-electron chi connectivity index (χ2n) is 7.55. The minimum atomic E-state index is -0.105. The van der Waals surface area contributed by atoms with Gasteiger partial charge in [0.25, 0.3) is 0 Å². The van der Waals surface area contributed by atoms with Crippen LogP contribution in [0.5, 0.6) is 0 Å². The van der Waals surface area contributed by atoms with Gasteiger partial charge in [0.15, 0.2) is 0 Å². The van der Waals surface area contributed by atoms with Crippen molar-refractivity contribution in [2.45, 2.75) is 58.4 Å². The molecule has 0 unspecified atom stereocenters. The van der Waals surface area contributed by atoms with E-state index in [1.165, 1.54) is 25.9 Å². The molecule has 0 saturated carbocycles. The Labute approximate surface area is 144 Å². The monoisotopic (exact) mass is 327 g/mol. The van der Waals surface area contributed by atoms with Crippen LogP contribution in [0.4, 0.5) is 0 Å². The summed E-state index contributed by atoms with van der Waals surface area (Å²) in [4.78, 5) is 19.7. The number of likely N-dealkylation sites (tertiary alicyclic amines) is 1. The Bertz CT molecular complexity index is 757. The molecule has 0 radical (unpaired) electrons. The SMILES string of the molecule is CCC(C)(C)c1nc(=O)n(CCCN2CCCC2)c2ccccc12. The summed E-state index contributed by atoms with van der Waals surface area (Å²) >= 11 is 0. The van der Waals surface area contributed by atoms with Crippen LogP contribution in [-0.2, 0) is 12.0 Å². The molecule has 1 aliphatic heterocycles. The first-order valence-electron chi connectivity index (χ1n) is 9.25. The molecule has 0 atom stereocenters. The highest BCUT2D eigenvalue weighted by Gasteiger charge is 2.24. The van der Waals surface area contributed by atoms with Gasteiger partial charge < -0.3 is 4.90 Å². The Morgan fingerprint density at radius 2 is 1.83 bits per heavy atom. The van der Waals surface area contributed by atoms with Crippen molar-refractivity contribution in [2.75, 3.05) is 19.6 Å². The van der Waals surface area contributed by atoms with Crippen LogP contribution in [0.15, 0.2) is 29.1 Å². The fourth-order valence-electron chi connectivity index (χ4n) is 3.59. The van der Waals surface area contributed by atoms with Crippen LogP contribution in [0, 0.1) is 0 Å². The molecule has 0 amide bonds. The molecule has 1 saturated heterocycles. The molecule has 1 fully saturated rings. The molecule has 4 nitrogen and oxygen atoms in total. The zero-order valence-electron chi connectivity index (χ0n) is 15.2. The Hall–Kier alpha value is -1.68. The van der Waals surface area contributed by atoms with E-state index < -0.39 is 0 Å². The molecule has 130 valence electrons. The largest absolute Gasteiger partial charge is 0.348 e. The van der Waals surface area contributed by atoms with Crippen molar-refractivity contribution in [3.8, 4) is 0 Å². The average molecular weight is 327 g/mol. The lowest BCUT2D eigenvalue weighted by Crippen LogP contribution is -2.31. The first-order chi connectivity index (χ1) is 11.5. The zero-order chi connectivity index (χ0) is 17.2. The fraction of sp³-hybridized carbons (Fsp3) is 0.600. The molecule has 3 rings (SSSR count). The zero-order valence-corrected chi connectivity index (χ0v) is 15.2. The molecule has 4 heteroatoms. The average Bonchev–Trinajstić information content (AvgIpc) is 3.09. The van der Waals surface area contributed by atoms with E-state index >= 15 is 0 Å². The van der Waals surface area contributed by atoms with Crippen molar-refractivity contribution in [3.05, 3.63) is 40.4 Å². The molecule has 2 heterocycles. The van der Waals surface area contributed by atoms with Gasteiger partial charge >= 0.3 is 5.69 Å². The van der Waals surface area contributed by atoms with Crippen LogP contribution in [0.2, 0.25) is 0 Å². The lowest BCUT2D eigenvalue weighted by molar-refractivity contribution is 0.325. The van der Waals surface area contributed by atoms with E-state index in [4.69, 9.17) is 0 Å². The maximum absolute atomic E-state index is 12.7. The molecule has 0 bridgehead atoms. The van der Waals surface area contributed by atoms with Crippen LogP contribution in [0.25, 0.3) is 10.9 Å². The lowest BCUT2D eigenvalue weighted by atomic mass is 9.84. The Balaban J connectivity index is 1.92. The normalized spacial score (nSPS) is 16.1. The van der Waals surface area contributed by atoms with E-state index in [0.29, 0.717) is 0 Å². The first kappa shape index (κ1) is 17.2. The minimum Gasteiger partial charge on any atom is -0.303 e. The van der Waals surface area contributed by atoms with Crippen molar-refractivity contribution < 1.29 is 0 Å². The van der Waals surface area contributed by atoms with Crippen molar-refractivity contribution in [1.29, 1.82) is 0 Å².